The van der Waals surface area contributed by atoms with Crippen LogP contribution in [0.5, 0.6) is 0 Å². The maximum absolute atomic E-state index is 10.2. The Morgan fingerprint density at radius 3 is 1.00 bits per heavy atom. The van der Waals surface area contributed by atoms with Crippen molar-refractivity contribution in [3.05, 3.63) is 71.8 Å². The van der Waals surface area contributed by atoms with E-state index in [9.17, 15) is 9.59 Å². The van der Waals surface area contributed by atoms with Gasteiger partial charge in [-0.2, -0.15) is 0 Å². The summed E-state index contributed by atoms with van der Waals surface area (Å²) < 4.78 is 0. The van der Waals surface area contributed by atoms with E-state index in [-0.39, 0.29) is 30.4 Å². The van der Waals surface area contributed by atoms with E-state index in [1.54, 1.807) is 60.7 Å². The molecule has 0 atom stereocenters. The van der Waals surface area contributed by atoms with Crippen molar-refractivity contribution in [1.29, 1.82) is 0 Å². The van der Waals surface area contributed by atoms with E-state index in [4.69, 9.17) is 10.2 Å². The first-order valence-electron chi connectivity index (χ1n) is 5.18. The molecule has 0 fully saturated rings. The Hall–Kier alpha value is -2.08. The van der Waals surface area contributed by atoms with Gasteiger partial charge in [-0.25, -0.2) is 9.59 Å². The summed E-state index contributed by atoms with van der Waals surface area (Å²) in [5.74, 6) is -1.76. The van der Waals surface area contributed by atoms with Crippen LogP contribution >= 0.6 is 0 Å². The van der Waals surface area contributed by atoms with Crippen molar-refractivity contribution in [3.63, 3.8) is 0 Å². The molecule has 2 aromatic carbocycles. The summed E-state index contributed by atoms with van der Waals surface area (Å²) in [4.78, 5) is 20.4. The van der Waals surface area contributed by atoms with Crippen LogP contribution in [0.15, 0.2) is 60.7 Å². The second kappa shape index (κ2) is 12.9. The number of rotatable bonds is 2. The maximum atomic E-state index is 10.2. The number of hydrogen-bond acceptors (Lipinski definition) is 2. The summed E-state index contributed by atoms with van der Waals surface area (Å²) in [5, 5.41) is 16.8. The zero-order valence-corrected chi connectivity index (χ0v) is 14.2. The normalized spacial score (nSPS) is 7.62. The average molecular weight is 346 g/mol. The Bertz CT molecular complexity index is 466. The second-order valence-electron chi connectivity index (χ2n) is 3.34. The first-order chi connectivity index (χ1) is 8.61. The molecule has 6 nitrogen and oxygen atoms in total. The molecule has 0 saturated heterocycles. The number of carboxylic acid groups (broad SMARTS) is 2. The zero-order chi connectivity index (χ0) is 13.4. The molecule has 0 spiro atoms. The Morgan fingerprint density at radius 2 is 0.857 bits per heavy atom. The van der Waals surface area contributed by atoms with Gasteiger partial charge in [0.25, 0.3) is 0 Å². The van der Waals surface area contributed by atoms with Gasteiger partial charge in [-0.15, -0.1) is 0 Å². The molecular formula is C14H16O6Zn. The van der Waals surface area contributed by atoms with E-state index in [2.05, 4.69) is 0 Å². The van der Waals surface area contributed by atoms with Crippen molar-refractivity contribution in [2.24, 2.45) is 0 Å². The summed E-state index contributed by atoms with van der Waals surface area (Å²) >= 11 is 0. The van der Waals surface area contributed by atoms with Gasteiger partial charge in [0.1, 0.15) is 0 Å². The number of hydrogen-bond donors (Lipinski definition) is 2. The largest absolute Gasteiger partial charge is 0.478 e. The molecule has 21 heavy (non-hydrogen) atoms. The Labute approximate surface area is 134 Å². The molecule has 2 aromatic rings. The van der Waals surface area contributed by atoms with Gasteiger partial charge in [-0.1, -0.05) is 36.4 Å². The van der Waals surface area contributed by atoms with Crippen molar-refractivity contribution >= 4 is 11.9 Å². The van der Waals surface area contributed by atoms with Crippen LogP contribution in [0.1, 0.15) is 20.7 Å². The van der Waals surface area contributed by atoms with Crippen LogP contribution in [-0.4, -0.2) is 33.1 Å². The molecule has 0 saturated carbocycles. The molecule has 7 heteroatoms. The van der Waals surface area contributed by atoms with Crippen LogP contribution in [0.2, 0.25) is 0 Å². The Kier molecular flexibility index (Phi) is 14.8. The van der Waals surface area contributed by atoms with E-state index in [0.29, 0.717) is 11.1 Å². The van der Waals surface area contributed by atoms with Gasteiger partial charge in [0.2, 0.25) is 0 Å². The summed E-state index contributed by atoms with van der Waals surface area (Å²) in [6.07, 6.45) is 0. The summed E-state index contributed by atoms with van der Waals surface area (Å²) in [5.41, 5.74) is 0.662. The minimum Gasteiger partial charge on any atom is -0.478 e. The summed E-state index contributed by atoms with van der Waals surface area (Å²) in [6.45, 7) is 0. The van der Waals surface area contributed by atoms with Gasteiger partial charge in [0.15, 0.2) is 0 Å². The number of carboxylic acids is 2. The fourth-order valence-corrected chi connectivity index (χ4v) is 1.16. The predicted octanol–water partition coefficient (Wildman–Crippen LogP) is 1.12. The molecule has 0 aliphatic heterocycles. The molecule has 0 amide bonds. The van der Waals surface area contributed by atoms with E-state index < -0.39 is 11.9 Å². The van der Waals surface area contributed by atoms with Gasteiger partial charge in [0, 0.05) is 19.5 Å². The monoisotopic (exact) mass is 344 g/mol. The molecule has 0 heterocycles. The topological polar surface area (TPSA) is 138 Å². The van der Waals surface area contributed by atoms with Crippen molar-refractivity contribution in [1.82, 2.24) is 0 Å². The van der Waals surface area contributed by atoms with Gasteiger partial charge in [0.05, 0.1) is 11.1 Å². The van der Waals surface area contributed by atoms with E-state index in [1.807, 2.05) is 0 Å². The SMILES string of the molecule is O.O.O=C(O)c1ccccc1.O=C(O)c1ccccc1.[Zn]. The second-order valence-corrected chi connectivity index (χ2v) is 3.34. The molecule has 0 aliphatic rings. The number of carbonyl (C=O) groups is 2. The van der Waals surface area contributed by atoms with Gasteiger partial charge in [-0.05, 0) is 24.3 Å². The third kappa shape index (κ3) is 9.46. The van der Waals surface area contributed by atoms with E-state index in [1.165, 1.54) is 0 Å². The van der Waals surface area contributed by atoms with Gasteiger partial charge in [-0.3, -0.25) is 0 Å². The van der Waals surface area contributed by atoms with E-state index >= 15 is 0 Å². The van der Waals surface area contributed by atoms with Crippen molar-refractivity contribution in [3.8, 4) is 0 Å². The van der Waals surface area contributed by atoms with Crippen LogP contribution in [0.4, 0.5) is 0 Å². The zero-order valence-electron chi connectivity index (χ0n) is 11.2. The molecule has 0 radical (unpaired) electrons. The predicted molar refractivity (Wildman–Crippen MR) is 74.0 cm³/mol. The van der Waals surface area contributed by atoms with E-state index in [0.717, 1.165) is 0 Å². The molecule has 110 valence electrons. The van der Waals surface area contributed by atoms with Crippen LogP contribution in [0, 0.1) is 0 Å². The van der Waals surface area contributed by atoms with Crippen molar-refractivity contribution in [2.75, 3.05) is 0 Å². The number of aromatic carboxylic acids is 2. The van der Waals surface area contributed by atoms with Gasteiger partial charge >= 0.3 is 11.9 Å². The Balaban J connectivity index is -0.000000270. The standard InChI is InChI=1S/2C7H6O2.2H2O.Zn/c2*8-7(9)6-4-2-1-3-5-6;;;/h2*1-5H,(H,8,9);2*1H2;. The average Bonchev–Trinajstić information content (AvgIpc) is 2.41. The third-order valence-corrected chi connectivity index (χ3v) is 2.04. The maximum Gasteiger partial charge on any atom is 0.335 e. The van der Waals surface area contributed by atoms with Gasteiger partial charge < -0.3 is 21.2 Å². The third-order valence-electron chi connectivity index (χ3n) is 2.04. The smallest absolute Gasteiger partial charge is 0.335 e. The Morgan fingerprint density at radius 1 is 0.619 bits per heavy atom. The minimum atomic E-state index is -0.879. The molecule has 0 unspecified atom stereocenters. The number of benzene rings is 2. The van der Waals surface area contributed by atoms with Crippen LogP contribution in [-0.2, 0) is 19.5 Å². The quantitative estimate of drug-likeness (QED) is 0.787. The van der Waals surface area contributed by atoms with Crippen molar-refractivity contribution < 1.29 is 50.2 Å². The summed E-state index contributed by atoms with van der Waals surface area (Å²) in [7, 11) is 0. The minimum absolute atomic E-state index is 0. The van der Waals surface area contributed by atoms with Crippen LogP contribution < -0.4 is 0 Å². The molecule has 2 rings (SSSR count). The van der Waals surface area contributed by atoms with Crippen molar-refractivity contribution in [2.45, 2.75) is 0 Å². The van der Waals surface area contributed by atoms with Crippen LogP contribution in [0.25, 0.3) is 0 Å². The summed E-state index contributed by atoms with van der Waals surface area (Å²) in [6, 6.07) is 16.6. The first kappa shape index (κ1) is 24.0. The molecule has 0 aliphatic carbocycles. The first-order valence-corrected chi connectivity index (χ1v) is 5.18. The fourth-order valence-electron chi connectivity index (χ4n) is 1.16. The van der Waals surface area contributed by atoms with Crippen LogP contribution in [0.3, 0.4) is 0 Å². The molecular weight excluding hydrogens is 330 g/mol. The molecule has 0 bridgehead atoms. The fraction of sp³-hybridized carbons (Fsp3) is 0. The molecule has 6 N–H and O–H groups in total. The molecule has 0 aromatic heterocycles.